The zero-order valence-electron chi connectivity index (χ0n) is 13.0. The molecule has 1 aliphatic rings. The van der Waals surface area contributed by atoms with Gasteiger partial charge in [0, 0.05) is 11.4 Å². The predicted molar refractivity (Wildman–Crippen MR) is 87.2 cm³/mol. The molecular weight excluding hydrogens is 298 g/mol. The highest BCUT2D eigenvalue weighted by Crippen LogP contribution is 2.26. The fourth-order valence-electron chi connectivity index (χ4n) is 2.62. The number of likely N-dealkylation sites (tertiary alicyclic amines) is 1. The van der Waals surface area contributed by atoms with Crippen molar-refractivity contribution in [2.24, 2.45) is 5.92 Å². The second-order valence-electron chi connectivity index (χ2n) is 5.92. The molecule has 0 unspecified atom stereocenters. The minimum atomic E-state index is -0.253. The zero-order chi connectivity index (χ0) is 15.5. The third-order valence-corrected chi connectivity index (χ3v) is 5.16. The average molecular weight is 319 g/mol. The lowest BCUT2D eigenvalue weighted by Gasteiger charge is -2.29. The molecule has 0 saturated carbocycles. The molecule has 1 amide bonds. The Morgan fingerprint density at radius 1 is 1.50 bits per heavy atom. The van der Waals surface area contributed by atoms with Crippen molar-refractivity contribution < 1.29 is 9.21 Å². The molecule has 0 radical (unpaired) electrons. The number of piperidine rings is 1. The number of amides is 1. The Morgan fingerprint density at radius 3 is 2.95 bits per heavy atom. The second-order valence-corrected chi connectivity index (χ2v) is 7.00. The summed E-state index contributed by atoms with van der Waals surface area (Å²) >= 11 is 1.55. The molecule has 1 N–H and O–H groups in total. The van der Waals surface area contributed by atoms with Gasteiger partial charge >= 0.3 is 0 Å². The quantitative estimate of drug-likeness (QED) is 0.936. The van der Waals surface area contributed by atoms with E-state index < -0.39 is 0 Å². The molecule has 0 spiro atoms. The van der Waals surface area contributed by atoms with E-state index in [-0.39, 0.29) is 5.91 Å². The molecule has 0 aromatic carbocycles. The van der Waals surface area contributed by atoms with Gasteiger partial charge in [-0.1, -0.05) is 6.92 Å². The summed E-state index contributed by atoms with van der Waals surface area (Å²) in [4.78, 5) is 20.1. The topological polar surface area (TPSA) is 58.4 Å². The first-order chi connectivity index (χ1) is 10.6. The van der Waals surface area contributed by atoms with Gasteiger partial charge in [0.05, 0.1) is 12.0 Å². The standard InChI is InChI=1S/C16H21N3O2S/c1-11-5-7-19(8-6-11)10-14-12(2)17-16(22-14)18-15(20)13-4-3-9-21-13/h3-4,9,11H,5-8,10H2,1-2H3,(H,17,18,20). The van der Waals surface area contributed by atoms with E-state index in [1.165, 1.54) is 24.0 Å². The van der Waals surface area contributed by atoms with E-state index in [2.05, 4.69) is 22.1 Å². The van der Waals surface area contributed by atoms with Crippen LogP contribution in [0.5, 0.6) is 0 Å². The molecule has 3 rings (SSSR count). The van der Waals surface area contributed by atoms with Crippen LogP contribution in [0.4, 0.5) is 5.13 Å². The molecule has 22 heavy (non-hydrogen) atoms. The van der Waals surface area contributed by atoms with Crippen molar-refractivity contribution in [2.45, 2.75) is 33.2 Å². The summed E-state index contributed by atoms with van der Waals surface area (Å²) in [5.41, 5.74) is 0.998. The van der Waals surface area contributed by atoms with E-state index >= 15 is 0 Å². The van der Waals surface area contributed by atoms with Gasteiger partial charge in [0.2, 0.25) is 0 Å². The molecule has 1 aliphatic heterocycles. The smallest absolute Gasteiger partial charge is 0.293 e. The number of nitrogens with zero attached hydrogens (tertiary/aromatic N) is 2. The van der Waals surface area contributed by atoms with Crippen molar-refractivity contribution in [3.05, 3.63) is 34.7 Å². The molecule has 0 aliphatic carbocycles. The van der Waals surface area contributed by atoms with Crippen LogP contribution in [-0.2, 0) is 6.54 Å². The van der Waals surface area contributed by atoms with Crippen molar-refractivity contribution in [1.29, 1.82) is 0 Å². The van der Waals surface area contributed by atoms with Gasteiger partial charge in [-0.25, -0.2) is 4.98 Å². The predicted octanol–water partition coefficient (Wildman–Crippen LogP) is 3.53. The van der Waals surface area contributed by atoms with Crippen molar-refractivity contribution in [3.8, 4) is 0 Å². The van der Waals surface area contributed by atoms with Crippen molar-refractivity contribution in [3.63, 3.8) is 0 Å². The highest BCUT2D eigenvalue weighted by Gasteiger charge is 2.19. The summed E-state index contributed by atoms with van der Waals surface area (Å²) in [5, 5.41) is 3.44. The molecule has 2 aromatic rings. The molecule has 6 heteroatoms. The highest BCUT2D eigenvalue weighted by atomic mass is 32.1. The van der Waals surface area contributed by atoms with Gasteiger partial charge in [-0.05, 0) is 50.9 Å². The van der Waals surface area contributed by atoms with E-state index in [4.69, 9.17) is 4.42 Å². The van der Waals surface area contributed by atoms with Crippen LogP contribution in [0.1, 0.15) is 40.9 Å². The van der Waals surface area contributed by atoms with Crippen LogP contribution >= 0.6 is 11.3 Å². The number of carbonyl (C=O) groups is 1. The number of rotatable bonds is 4. The minimum Gasteiger partial charge on any atom is -0.459 e. The number of carbonyl (C=O) groups excluding carboxylic acids is 1. The molecule has 0 atom stereocenters. The summed E-state index contributed by atoms with van der Waals surface area (Å²) < 4.78 is 5.09. The normalized spacial score (nSPS) is 16.8. The Kier molecular flexibility index (Phi) is 4.59. The van der Waals surface area contributed by atoms with Crippen molar-refractivity contribution in [2.75, 3.05) is 18.4 Å². The van der Waals surface area contributed by atoms with Crippen LogP contribution < -0.4 is 5.32 Å². The lowest BCUT2D eigenvalue weighted by atomic mass is 9.99. The maximum atomic E-state index is 12.0. The Balaban J connectivity index is 1.62. The van der Waals surface area contributed by atoms with Crippen LogP contribution in [-0.4, -0.2) is 28.9 Å². The van der Waals surface area contributed by atoms with Gasteiger partial charge in [0.15, 0.2) is 10.9 Å². The number of anilines is 1. The zero-order valence-corrected chi connectivity index (χ0v) is 13.8. The van der Waals surface area contributed by atoms with E-state index in [0.717, 1.165) is 31.2 Å². The first-order valence-electron chi connectivity index (χ1n) is 7.65. The van der Waals surface area contributed by atoms with Gasteiger partial charge in [-0.2, -0.15) is 0 Å². The van der Waals surface area contributed by atoms with E-state index in [0.29, 0.717) is 10.9 Å². The van der Waals surface area contributed by atoms with Crippen molar-refractivity contribution >= 4 is 22.4 Å². The Bertz CT molecular complexity index is 628. The molecule has 5 nitrogen and oxygen atoms in total. The third-order valence-electron chi connectivity index (χ3n) is 4.10. The van der Waals surface area contributed by atoms with Gasteiger partial charge in [0.25, 0.3) is 5.91 Å². The molecule has 3 heterocycles. The number of nitrogens with one attached hydrogen (secondary N) is 1. The maximum absolute atomic E-state index is 12.0. The Labute approximate surface area is 134 Å². The maximum Gasteiger partial charge on any atom is 0.293 e. The molecule has 118 valence electrons. The summed E-state index contributed by atoms with van der Waals surface area (Å²) in [6.07, 6.45) is 4.02. The molecular formula is C16H21N3O2S. The van der Waals surface area contributed by atoms with Gasteiger partial charge in [-0.3, -0.25) is 15.0 Å². The summed E-state index contributed by atoms with van der Waals surface area (Å²) in [7, 11) is 0. The lowest BCUT2D eigenvalue weighted by molar-refractivity contribution is 0.0996. The number of hydrogen-bond donors (Lipinski definition) is 1. The summed E-state index contributed by atoms with van der Waals surface area (Å²) in [5.74, 6) is 0.887. The largest absolute Gasteiger partial charge is 0.459 e. The Hall–Kier alpha value is -1.66. The molecule has 2 aromatic heterocycles. The first kappa shape index (κ1) is 15.2. The number of hydrogen-bond acceptors (Lipinski definition) is 5. The third kappa shape index (κ3) is 3.56. The Morgan fingerprint density at radius 2 is 2.27 bits per heavy atom. The van der Waals surface area contributed by atoms with E-state index in [1.807, 2.05) is 6.92 Å². The molecule has 0 bridgehead atoms. The van der Waals surface area contributed by atoms with Gasteiger partial charge in [-0.15, -0.1) is 11.3 Å². The van der Waals surface area contributed by atoms with Crippen LogP contribution in [0.25, 0.3) is 0 Å². The molecule has 1 fully saturated rings. The summed E-state index contributed by atoms with van der Waals surface area (Å²) in [6, 6.07) is 3.34. The number of thiazole rings is 1. The highest BCUT2D eigenvalue weighted by molar-refractivity contribution is 7.15. The van der Waals surface area contributed by atoms with Crippen molar-refractivity contribution in [1.82, 2.24) is 9.88 Å². The SMILES string of the molecule is Cc1nc(NC(=O)c2ccco2)sc1CN1CCC(C)CC1. The average Bonchev–Trinajstić information content (AvgIpc) is 3.12. The van der Waals surface area contributed by atoms with Crippen LogP contribution in [0.15, 0.2) is 22.8 Å². The second kappa shape index (κ2) is 6.62. The fourth-order valence-corrected chi connectivity index (χ4v) is 3.62. The monoisotopic (exact) mass is 319 g/mol. The van der Waals surface area contributed by atoms with Crippen LogP contribution in [0.2, 0.25) is 0 Å². The lowest BCUT2D eigenvalue weighted by Crippen LogP contribution is -2.32. The number of furan rings is 1. The minimum absolute atomic E-state index is 0.253. The first-order valence-corrected chi connectivity index (χ1v) is 8.47. The van der Waals surface area contributed by atoms with E-state index in [1.54, 1.807) is 23.5 Å². The van der Waals surface area contributed by atoms with Gasteiger partial charge in [0.1, 0.15) is 0 Å². The van der Waals surface area contributed by atoms with E-state index in [9.17, 15) is 4.79 Å². The number of aromatic nitrogens is 1. The fraction of sp³-hybridized carbons (Fsp3) is 0.500. The van der Waals surface area contributed by atoms with Gasteiger partial charge < -0.3 is 4.42 Å². The summed E-state index contributed by atoms with van der Waals surface area (Å²) in [6.45, 7) is 7.53. The molecule has 1 saturated heterocycles. The van der Waals surface area contributed by atoms with Crippen LogP contribution in [0.3, 0.4) is 0 Å². The van der Waals surface area contributed by atoms with Crippen LogP contribution in [0, 0.1) is 12.8 Å². The number of aryl methyl sites for hydroxylation is 1.